The molecule has 1 fully saturated rings. The SMILES string of the molecule is O=C(NCC#Cc1ccccc1)NCCN1CCOCC1. The van der Waals surface area contributed by atoms with E-state index in [0.29, 0.717) is 13.1 Å². The molecule has 0 radical (unpaired) electrons. The van der Waals surface area contributed by atoms with Crippen LogP contribution in [0.15, 0.2) is 30.3 Å². The van der Waals surface area contributed by atoms with Gasteiger partial charge in [0.05, 0.1) is 19.8 Å². The summed E-state index contributed by atoms with van der Waals surface area (Å²) in [4.78, 5) is 13.8. The summed E-state index contributed by atoms with van der Waals surface area (Å²) in [6.07, 6.45) is 0. The number of hydrogen-bond donors (Lipinski definition) is 2. The largest absolute Gasteiger partial charge is 0.379 e. The Labute approximate surface area is 125 Å². The van der Waals surface area contributed by atoms with Crippen molar-refractivity contribution in [2.75, 3.05) is 45.9 Å². The van der Waals surface area contributed by atoms with Gasteiger partial charge >= 0.3 is 6.03 Å². The van der Waals surface area contributed by atoms with E-state index in [9.17, 15) is 4.79 Å². The second-order valence-electron chi connectivity index (χ2n) is 4.73. The van der Waals surface area contributed by atoms with Gasteiger partial charge in [0.25, 0.3) is 0 Å². The average Bonchev–Trinajstić information content (AvgIpc) is 2.54. The molecule has 5 nitrogen and oxygen atoms in total. The van der Waals surface area contributed by atoms with Crippen LogP contribution >= 0.6 is 0 Å². The lowest BCUT2D eigenvalue weighted by molar-refractivity contribution is 0.0387. The summed E-state index contributed by atoms with van der Waals surface area (Å²) in [6, 6.07) is 9.53. The highest BCUT2D eigenvalue weighted by Crippen LogP contribution is 1.95. The molecule has 1 aromatic carbocycles. The number of nitrogens with zero attached hydrogens (tertiary/aromatic N) is 1. The standard InChI is InChI=1S/C16H21N3O2/c20-16(18-9-10-19-11-13-21-14-12-19)17-8-4-7-15-5-2-1-3-6-15/h1-3,5-6H,8-14H2,(H2,17,18,20). The van der Waals surface area contributed by atoms with Crippen LogP contribution in [0.1, 0.15) is 5.56 Å². The van der Waals surface area contributed by atoms with E-state index in [4.69, 9.17) is 4.74 Å². The number of carbonyl (C=O) groups is 1. The molecule has 2 rings (SSSR count). The van der Waals surface area contributed by atoms with Crippen molar-refractivity contribution in [1.29, 1.82) is 0 Å². The van der Waals surface area contributed by atoms with Gasteiger partial charge in [-0.2, -0.15) is 0 Å². The molecule has 0 bridgehead atoms. The molecular weight excluding hydrogens is 266 g/mol. The number of benzene rings is 1. The highest BCUT2D eigenvalue weighted by Gasteiger charge is 2.09. The Balaban J connectivity index is 1.56. The molecule has 0 aliphatic carbocycles. The number of rotatable bonds is 4. The quantitative estimate of drug-likeness (QED) is 0.800. The number of ether oxygens (including phenoxy) is 1. The minimum atomic E-state index is -0.175. The summed E-state index contributed by atoms with van der Waals surface area (Å²) in [5.74, 6) is 5.92. The lowest BCUT2D eigenvalue weighted by Crippen LogP contribution is -2.43. The van der Waals surface area contributed by atoms with Gasteiger partial charge < -0.3 is 15.4 Å². The van der Waals surface area contributed by atoms with E-state index in [1.165, 1.54) is 0 Å². The van der Waals surface area contributed by atoms with Crippen molar-refractivity contribution in [3.63, 3.8) is 0 Å². The highest BCUT2D eigenvalue weighted by molar-refractivity contribution is 5.74. The first-order valence-corrected chi connectivity index (χ1v) is 7.20. The Morgan fingerprint density at radius 2 is 1.95 bits per heavy atom. The van der Waals surface area contributed by atoms with Crippen molar-refractivity contribution in [3.8, 4) is 11.8 Å². The lowest BCUT2D eigenvalue weighted by Gasteiger charge is -2.26. The highest BCUT2D eigenvalue weighted by atomic mass is 16.5. The maximum atomic E-state index is 11.6. The zero-order valence-corrected chi connectivity index (χ0v) is 12.1. The van der Waals surface area contributed by atoms with Crippen LogP contribution in [-0.4, -0.2) is 56.9 Å². The molecule has 2 N–H and O–H groups in total. The predicted octanol–water partition coefficient (Wildman–Crippen LogP) is 0.669. The van der Waals surface area contributed by atoms with Gasteiger partial charge in [-0.25, -0.2) is 4.79 Å². The van der Waals surface area contributed by atoms with E-state index < -0.39 is 0 Å². The molecule has 0 atom stereocenters. The fourth-order valence-electron chi connectivity index (χ4n) is 2.01. The number of nitrogens with one attached hydrogen (secondary N) is 2. The summed E-state index contributed by atoms with van der Waals surface area (Å²) < 4.78 is 5.27. The second-order valence-corrected chi connectivity index (χ2v) is 4.73. The number of hydrogen-bond acceptors (Lipinski definition) is 3. The Morgan fingerprint density at radius 1 is 1.19 bits per heavy atom. The van der Waals surface area contributed by atoms with Crippen LogP contribution in [-0.2, 0) is 4.74 Å². The van der Waals surface area contributed by atoms with Gasteiger partial charge in [0.15, 0.2) is 0 Å². The van der Waals surface area contributed by atoms with Crippen LogP contribution in [0.2, 0.25) is 0 Å². The minimum Gasteiger partial charge on any atom is -0.379 e. The van der Waals surface area contributed by atoms with Crippen LogP contribution in [0.25, 0.3) is 0 Å². The third-order valence-electron chi connectivity index (χ3n) is 3.16. The van der Waals surface area contributed by atoms with E-state index in [-0.39, 0.29) is 6.03 Å². The predicted molar refractivity (Wildman–Crippen MR) is 82.0 cm³/mol. The fraction of sp³-hybridized carbons (Fsp3) is 0.438. The molecule has 0 aromatic heterocycles. The van der Waals surface area contributed by atoms with Gasteiger partial charge in [-0.1, -0.05) is 30.0 Å². The first kappa shape index (κ1) is 15.4. The number of urea groups is 1. The van der Waals surface area contributed by atoms with Crippen molar-refractivity contribution in [3.05, 3.63) is 35.9 Å². The zero-order valence-electron chi connectivity index (χ0n) is 12.1. The van der Waals surface area contributed by atoms with Crippen molar-refractivity contribution in [2.24, 2.45) is 0 Å². The molecule has 0 saturated carbocycles. The van der Waals surface area contributed by atoms with Gasteiger partial charge in [-0.3, -0.25) is 4.90 Å². The Hall–Kier alpha value is -2.03. The van der Waals surface area contributed by atoms with Gasteiger partial charge in [0.1, 0.15) is 0 Å². The van der Waals surface area contributed by atoms with Crippen molar-refractivity contribution in [1.82, 2.24) is 15.5 Å². The third kappa shape index (κ3) is 6.30. The Morgan fingerprint density at radius 3 is 2.71 bits per heavy atom. The number of morpholine rings is 1. The topological polar surface area (TPSA) is 53.6 Å². The first-order valence-electron chi connectivity index (χ1n) is 7.20. The number of amides is 2. The van der Waals surface area contributed by atoms with Crippen LogP contribution in [0.4, 0.5) is 4.79 Å². The molecule has 21 heavy (non-hydrogen) atoms. The molecule has 0 spiro atoms. The number of carbonyl (C=O) groups excluding carboxylic acids is 1. The molecule has 2 amide bonds. The fourth-order valence-corrected chi connectivity index (χ4v) is 2.01. The lowest BCUT2D eigenvalue weighted by atomic mass is 10.2. The summed E-state index contributed by atoms with van der Waals surface area (Å²) >= 11 is 0. The van der Waals surface area contributed by atoms with E-state index in [1.807, 2.05) is 30.3 Å². The average molecular weight is 287 g/mol. The maximum absolute atomic E-state index is 11.6. The van der Waals surface area contributed by atoms with Gasteiger partial charge in [-0.15, -0.1) is 0 Å². The van der Waals surface area contributed by atoms with Gasteiger partial charge in [0.2, 0.25) is 0 Å². The summed E-state index contributed by atoms with van der Waals surface area (Å²) in [7, 11) is 0. The molecule has 5 heteroatoms. The van der Waals surface area contributed by atoms with Crippen molar-refractivity contribution < 1.29 is 9.53 Å². The van der Waals surface area contributed by atoms with E-state index in [0.717, 1.165) is 38.4 Å². The molecule has 1 aromatic rings. The third-order valence-corrected chi connectivity index (χ3v) is 3.16. The van der Waals surface area contributed by atoms with Crippen LogP contribution in [0, 0.1) is 11.8 Å². The molecular formula is C16H21N3O2. The normalized spacial score (nSPS) is 14.9. The van der Waals surface area contributed by atoms with Gasteiger partial charge in [0, 0.05) is 31.7 Å². The summed E-state index contributed by atoms with van der Waals surface area (Å²) in [6.45, 7) is 5.27. The molecule has 0 unspecified atom stereocenters. The molecule has 1 heterocycles. The van der Waals surface area contributed by atoms with Crippen LogP contribution in [0.3, 0.4) is 0 Å². The van der Waals surface area contributed by atoms with E-state index >= 15 is 0 Å². The maximum Gasteiger partial charge on any atom is 0.315 e. The Bertz CT molecular complexity index is 487. The van der Waals surface area contributed by atoms with E-state index in [2.05, 4.69) is 27.4 Å². The molecule has 1 aliphatic rings. The molecule has 112 valence electrons. The van der Waals surface area contributed by atoms with Crippen LogP contribution < -0.4 is 10.6 Å². The van der Waals surface area contributed by atoms with Crippen LogP contribution in [0.5, 0.6) is 0 Å². The van der Waals surface area contributed by atoms with Crippen molar-refractivity contribution in [2.45, 2.75) is 0 Å². The molecule has 1 saturated heterocycles. The first-order chi connectivity index (χ1) is 10.3. The molecule has 1 aliphatic heterocycles. The van der Waals surface area contributed by atoms with Crippen molar-refractivity contribution >= 4 is 6.03 Å². The monoisotopic (exact) mass is 287 g/mol. The summed E-state index contributed by atoms with van der Waals surface area (Å²) in [5.41, 5.74) is 0.951. The van der Waals surface area contributed by atoms with E-state index in [1.54, 1.807) is 0 Å². The second kappa shape index (κ2) is 9.01. The van der Waals surface area contributed by atoms with Gasteiger partial charge in [-0.05, 0) is 12.1 Å². The minimum absolute atomic E-state index is 0.175. The Kier molecular flexibility index (Phi) is 6.59. The smallest absolute Gasteiger partial charge is 0.315 e. The zero-order chi connectivity index (χ0) is 14.8. The summed E-state index contributed by atoms with van der Waals surface area (Å²) in [5, 5.41) is 5.55.